The molecule has 1 heteroatoms. The van der Waals surface area contributed by atoms with Crippen molar-refractivity contribution in [2.75, 3.05) is 0 Å². The van der Waals surface area contributed by atoms with E-state index >= 15 is 0 Å². The monoisotopic (exact) mass is 114 g/mol. The van der Waals surface area contributed by atoms with Gasteiger partial charge in [-0.25, -0.2) is 0 Å². The van der Waals surface area contributed by atoms with E-state index in [1.54, 1.807) is 6.08 Å². The van der Waals surface area contributed by atoms with E-state index in [4.69, 9.17) is 5.11 Å². The third kappa shape index (κ3) is 3.88. The molecule has 0 amide bonds. The maximum Gasteiger partial charge on any atom is 0.0718 e. The van der Waals surface area contributed by atoms with Gasteiger partial charge in [0.25, 0.3) is 0 Å². The van der Waals surface area contributed by atoms with Crippen LogP contribution in [-0.4, -0.2) is 11.2 Å². The van der Waals surface area contributed by atoms with Crippen molar-refractivity contribution < 1.29 is 5.11 Å². The van der Waals surface area contributed by atoms with Gasteiger partial charge in [-0.3, -0.25) is 0 Å². The van der Waals surface area contributed by atoms with Crippen molar-refractivity contribution in [1.82, 2.24) is 0 Å². The van der Waals surface area contributed by atoms with Gasteiger partial charge in [-0.15, -0.1) is 6.58 Å². The molecule has 0 saturated carbocycles. The Kier molecular flexibility index (Phi) is 4.67. The summed E-state index contributed by atoms with van der Waals surface area (Å²) in [5.41, 5.74) is 0. The summed E-state index contributed by atoms with van der Waals surface area (Å²) >= 11 is 0. The number of unbranched alkanes of at least 4 members (excludes halogenated alkanes) is 1. The minimum atomic E-state index is -0.282. The fourth-order valence-corrected chi connectivity index (χ4v) is 0.531. The van der Waals surface area contributed by atoms with Crippen molar-refractivity contribution >= 4 is 0 Å². The Morgan fingerprint density at radius 2 is 2.38 bits per heavy atom. The van der Waals surface area contributed by atoms with Crippen LogP contribution in [-0.2, 0) is 0 Å². The molecule has 0 aliphatic carbocycles. The van der Waals surface area contributed by atoms with Gasteiger partial charge in [0.1, 0.15) is 0 Å². The number of rotatable bonds is 4. The summed E-state index contributed by atoms with van der Waals surface area (Å²) < 4.78 is 0. The molecule has 0 radical (unpaired) electrons. The Labute approximate surface area is 51.0 Å². The zero-order valence-corrected chi connectivity index (χ0v) is 5.43. The molecule has 0 aliphatic rings. The fraction of sp³-hybridized carbons (Fsp3) is 0.714. The van der Waals surface area contributed by atoms with Gasteiger partial charge in [0.05, 0.1) is 6.10 Å². The molecule has 0 rings (SSSR count). The molecular weight excluding hydrogens is 100 g/mol. The largest absolute Gasteiger partial charge is 0.389 e. The Morgan fingerprint density at radius 1 is 1.75 bits per heavy atom. The summed E-state index contributed by atoms with van der Waals surface area (Å²) in [5.74, 6) is 0. The second kappa shape index (κ2) is 4.85. The maximum absolute atomic E-state index is 8.87. The molecule has 0 aromatic rings. The van der Waals surface area contributed by atoms with Crippen LogP contribution in [0.15, 0.2) is 12.7 Å². The normalized spacial score (nSPS) is 13.2. The van der Waals surface area contributed by atoms with Crippen LogP contribution in [0.3, 0.4) is 0 Å². The van der Waals surface area contributed by atoms with Gasteiger partial charge < -0.3 is 5.11 Å². The van der Waals surface area contributed by atoms with Crippen molar-refractivity contribution in [2.45, 2.75) is 32.3 Å². The molecule has 48 valence electrons. The lowest BCUT2D eigenvalue weighted by Gasteiger charge is -2.00. The van der Waals surface area contributed by atoms with Crippen molar-refractivity contribution in [3.63, 3.8) is 0 Å². The van der Waals surface area contributed by atoms with Crippen molar-refractivity contribution in [2.24, 2.45) is 0 Å². The molecule has 1 N–H and O–H groups in total. The van der Waals surface area contributed by atoms with E-state index in [-0.39, 0.29) is 6.10 Å². The van der Waals surface area contributed by atoms with Crippen molar-refractivity contribution in [3.05, 3.63) is 12.7 Å². The molecule has 0 heterocycles. The first-order valence-electron chi connectivity index (χ1n) is 3.12. The summed E-state index contributed by atoms with van der Waals surface area (Å²) in [7, 11) is 0. The average Bonchev–Trinajstić information content (AvgIpc) is 1.83. The van der Waals surface area contributed by atoms with Gasteiger partial charge in [0, 0.05) is 0 Å². The summed E-state index contributed by atoms with van der Waals surface area (Å²) in [5, 5.41) is 8.87. The van der Waals surface area contributed by atoms with Gasteiger partial charge in [0.2, 0.25) is 0 Å². The summed E-state index contributed by atoms with van der Waals surface area (Å²) in [6.45, 7) is 5.57. The number of hydrogen-bond donors (Lipinski definition) is 1. The van der Waals surface area contributed by atoms with Crippen LogP contribution < -0.4 is 0 Å². The lowest BCUT2D eigenvalue weighted by atomic mass is 10.2. The summed E-state index contributed by atoms with van der Waals surface area (Å²) in [6, 6.07) is 0. The van der Waals surface area contributed by atoms with Crippen LogP contribution >= 0.6 is 0 Å². The molecule has 1 nitrogen and oxygen atoms in total. The topological polar surface area (TPSA) is 20.2 Å². The van der Waals surface area contributed by atoms with Crippen molar-refractivity contribution in [1.29, 1.82) is 0 Å². The highest BCUT2D eigenvalue weighted by Crippen LogP contribution is 1.99. The van der Waals surface area contributed by atoms with E-state index < -0.39 is 0 Å². The van der Waals surface area contributed by atoms with E-state index in [9.17, 15) is 0 Å². The molecule has 0 aromatic carbocycles. The van der Waals surface area contributed by atoms with E-state index in [2.05, 4.69) is 13.5 Å². The predicted octanol–water partition coefficient (Wildman–Crippen LogP) is 1.72. The van der Waals surface area contributed by atoms with Gasteiger partial charge >= 0.3 is 0 Å². The molecule has 0 bridgehead atoms. The Balaban J connectivity index is 2.98. The van der Waals surface area contributed by atoms with Crippen LogP contribution in [0.25, 0.3) is 0 Å². The molecule has 0 spiro atoms. The number of aliphatic hydroxyl groups excluding tert-OH is 1. The first kappa shape index (κ1) is 7.70. The number of aliphatic hydroxyl groups is 1. The first-order valence-corrected chi connectivity index (χ1v) is 3.12. The third-order valence-corrected chi connectivity index (χ3v) is 1.13. The molecule has 0 aliphatic heterocycles. The van der Waals surface area contributed by atoms with Crippen LogP contribution in [0, 0.1) is 0 Å². The minimum absolute atomic E-state index is 0.282. The zero-order chi connectivity index (χ0) is 6.41. The van der Waals surface area contributed by atoms with Gasteiger partial charge in [-0.05, 0) is 6.42 Å². The Bertz CT molecular complexity index is 59.4. The fourth-order valence-electron chi connectivity index (χ4n) is 0.531. The van der Waals surface area contributed by atoms with Crippen LogP contribution in [0.4, 0.5) is 0 Å². The van der Waals surface area contributed by atoms with Gasteiger partial charge in [-0.2, -0.15) is 0 Å². The highest BCUT2D eigenvalue weighted by Gasteiger charge is 1.93. The Morgan fingerprint density at radius 3 is 2.75 bits per heavy atom. The van der Waals surface area contributed by atoms with Gasteiger partial charge in [-0.1, -0.05) is 25.8 Å². The third-order valence-electron chi connectivity index (χ3n) is 1.13. The van der Waals surface area contributed by atoms with Crippen molar-refractivity contribution in [3.8, 4) is 0 Å². The molecule has 0 aromatic heterocycles. The van der Waals surface area contributed by atoms with E-state index in [1.165, 1.54) is 0 Å². The highest BCUT2D eigenvalue weighted by molar-refractivity contribution is 4.76. The van der Waals surface area contributed by atoms with E-state index in [0.717, 1.165) is 19.3 Å². The second-order valence-electron chi connectivity index (χ2n) is 1.95. The lowest BCUT2D eigenvalue weighted by Crippen LogP contribution is -1.99. The maximum atomic E-state index is 8.87. The van der Waals surface area contributed by atoms with Crippen LogP contribution in [0.1, 0.15) is 26.2 Å². The molecule has 8 heavy (non-hydrogen) atoms. The highest BCUT2D eigenvalue weighted by atomic mass is 16.3. The molecule has 1 unspecified atom stereocenters. The van der Waals surface area contributed by atoms with Crippen LogP contribution in [0.2, 0.25) is 0 Å². The minimum Gasteiger partial charge on any atom is -0.389 e. The molecule has 1 atom stereocenters. The Hall–Kier alpha value is -0.300. The first-order chi connectivity index (χ1) is 3.81. The smallest absolute Gasteiger partial charge is 0.0718 e. The van der Waals surface area contributed by atoms with Gasteiger partial charge in [0.15, 0.2) is 0 Å². The van der Waals surface area contributed by atoms with Crippen LogP contribution in [0.5, 0.6) is 0 Å². The second-order valence-corrected chi connectivity index (χ2v) is 1.95. The average molecular weight is 114 g/mol. The quantitative estimate of drug-likeness (QED) is 0.552. The standard InChI is InChI=1S/C7H14O/c1-3-5-6-7(8)4-2/h4,7-8H,2-3,5-6H2,1H3. The summed E-state index contributed by atoms with van der Waals surface area (Å²) in [6.07, 6.45) is 4.39. The predicted molar refractivity (Wildman–Crippen MR) is 35.7 cm³/mol. The zero-order valence-electron chi connectivity index (χ0n) is 5.43. The molecule has 0 saturated heterocycles. The lowest BCUT2D eigenvalue weighted by molar-refractivity contribution is 0.209. The summed E-state index contributed by atoms with van der Waals surface area (Å²) in [4.78, 5) is 0. The van der Waals surface area contributed by atoms with E-state index in [0.29, 0.717) is 0 Å². The SMILES string of the molecule is C=CC(O)CCCC. The molecular formula is C7H14O. The molecule has 0 fully saturated rings. The number of hydrogen-bond acceptors (Lipinski definition) is 1. The van der Waals surface area contributed by atoms with E-state index in [1.807, 2.05) is 0 Å².